The second-order valence-corrected chi connectivity index (χ2v) is 6.34. The maximum absolute atomic E-state index is 12.9. The summed E-state index contributed by atoms with van der Waals surface area (Å²) in [7, 11) is 0. The van der Waals surface area contributed by atoms with Crippen molar-refractivity contribution in [2.45, 2.75) is 37.8 Å². The molecule has 1 aliphatic carbocycles. The van der Waals surface area contributed by atoms with Crippen molar-refractivity contribution in [3.05, 3.63) is 35.6 Å². The van der Waals surface area contributed by atoms with Crippen LogP contribution in [0.25, 0.3) is 0 Å². The topological polar surface area (TPSA) is 26.7 Å². The van der Waals surface area contributed by atoms with Crippen LogP contribution in [-0.4, -0.2) is 53.7 Å². The van der Waals surface area contributed by atoms with E-state index in [1.165, 1.54) is 37.8 Å². The fraction of sp³-hybridized carbons (Fsp3) is 0.647. The van der Waals surface area contributed by atoms with Crippen LogP contribution < -0.4 is 0 Å². The van der Waals surface area contributed by atoms with Crippen molar-refractivity contribution in [1.29, 1.82) is 0 Å². The number of hydrogen-bond donors (Lipinski definition) is 1. The van der Waals surface area contributed by atoms with Crippen molar-refractivity contribution < 1.29 is 9.50 Å². The number of aliphatic hydroxyl groups excluding tert-OH is 1. The van der Waals surface area contributed by atoms with E-state index < -0.39 is 6.10 Å². The quantitative estimate of drug-likeness (QED) is 0.923. The third-order valence-corrected chi connectivity index (χ3v) is 4.93. The van der Waals surface area contributed by atoms with Crippen LogP contribution in [0.3, 0.4) is 0 Å². The molecule has 2 fully saturated rings. The summed E-state index contributed by atoms with van der Waals surface area (Å²) in [5, 5.41) is 10.3. The molecule has 1 atom stereocenters. The van der Waals surface area contributed by atoms with E-state index in [0.717, 1.165) is 37.8 Å². The second-order valence-electron chi connectivity index (χ2n) is 6.34. The Balaban J connectivity index is 1.47. The van der Waals surface area contributed by atoms with Gasteiger partial charge in [-0.25, -0.2) is 4.39 Å². The highest BCUT2D eigenvalue weighted by Crippen LogP contribution is 2.24. The van der Waals surface area contributed by atoms with Gasteiger partial charge in [-0.3, -0.25) is 9.80 Å². The molecule has 0 spiro atoms. The first-order valence-electron chi connectivity index (χ1n) is 8.12. The molecule has 4 heteroatoms. The summed E-state index contributed by atoms with van der Waals surface area (Å²) in [5.41, 5.74) is 0.801. The van der Waals surface area contributed by atoms with Crippen LogP contribution in [0.1, 0.15) is 37.4 Å². The molecular weight excluding hydrogens is 267 g/mol. The number of piperazine rings is 1. The highest BCUT2D eigenvalue weighted by atomic mass is 19.1. The number of rotatable bonds is 4. The molecule has 1 N–H and O–H groups in total. The van der Waals surface area contributed by atoms with E-state index in [1.54, 1.807) is 12.1 Å². The molecule has 21 heavy (non-hydrogen) atoms. The Morgan fingerprint density at radius 3 is 2.29 bits per heavy atom. The smallest absolute Gasteiger partial charge is 0.123 e. The zero-order valence-electron chi connectivity index (χ0n) is 12.5. The number of aliphatic hydroxyl groups is 1. The molecule has 1 aromatic carbocycles. The van der Waals surface area contributed by atoms with Gasteiger partial charge in [0.05, 0.1) is 6.10 Å². The average molecular weight is 292 g/mol. The fourth-order valence-electron chi connectivity index (χ4n) is 3.62. The van der Waals surface area contributed by atoms with Gasteiger partial charge in [0.25, 0.3) is 0 Å². The SMILES string of the molecule is OC(CN1CCN(C2CCCC2)CC1)c1ccc(F)cc1. The van der Waals surface area contributed by atoms with Crippen molar-refractivity contribution >= 4 is 0 Å². The normalized spacial score (nSPS) is 23.5. The van der Waals surface area contributed by atoms with Gasteiger partial charge < -0.3 is 5.11 Å². The summed E-state index contributed by atoms with van der Waals surface area (Å²) in [6.07, 6.45) is 4.96. The second kappa shape index (κ2) is 6.86. The third kappa shape index (κ3) is 3.82. The van der Waals surface area contributed by atoms with E-state index in [0.29, 0.717) is 6.54 Å². The molecule has 1 unspecified atom stereocenters. The van der Waals surface area contributed by atoms with E-state index in [9.17, 15) is 9.50 Å². The molecule has 0 bridgehead atoms. The number of benzene rings is 1. The van der Waals surface area contributed by atoms with Crippen LogP contribution in [0.5, 0.6) is 0 Å². The lowest BCUT2D eigenvalue weighted by molar-refractivity contribution is 0.0570. The van der Waals surface area contributed by atoms with Crippen LogP contribution in [0.2, 0.25) is 0 Å². The van der Waals surface area contributed by atoms with E-state index in [4.69, 9.17) is 0 Å². The summed E-state index contributed by atoms with van der Waals surface area (Å²) in [6, 6.07) is 6.98. The zero-order chi connectivity index (χ0) is 14.7. The summed E-state index contributed by atoms with van der Waals surface area (Å²) < 4.78 is 12.9. The highest BCUT2D eigenvalue weighted by Gasteiger charge is 2.26. The molecule has 0 amide bonds. The molecule has 3 nitrogen and oxygen atoms in total. The minimum Gasteiger partial charge on any atom is -0.387 e. The molecule has 1 saturated carbocycles. The molecular formula is C17H25FN2O. The van der Waals surface area contributed by atoms with Crippen LogP contribution >= 0.6 is 0 Å². The van der Waals surface area contributed by atoms with Crippen LogP contribution in [-0.2, 0) is 0 Å². The molecule has 1 aromatic rings. The van der Waals surface area contributed by atoms with Crippen molar-refractivity contribution in [2.24, 2.45) is 0 Å². The lowest BCUT2D eigenvalue weighted by Crippen LogP contribution is -2.50. The zero-order valence-corrected chi connectivity index (χ0v) is 12.5. The maximum Gasteiger partial charge on any atom is 0.123 e. The monoisotopic (exact) mass is 292 g/mol. The molecule has 1 aliphatic heterocycles. The first-order chi connectivity index (χ1) is 10.2. The van der Waals surface area contributed by atoms with E-state index >= 15 is 0 Å². The van der Waals surface area contributed by atoms with Gasteiger partial charge in [0, 0.05) is 38.8 Å². The predicted octanol–water partition coefficient (Wildman–Crippen LogP) is 2.42. The van der Waals surface area contributed by atoms with Gasteiger partial charge in [-0.2, -0.15) is 0 Å². The third-order valence-electron chi connectivity index (χ3n) is 4.93. The molecule has 0 radical (unpaired) electrons. The first kappa shape index (κ1) is 14.9. The number of halogens is 1. The summed E-state index contributed by atoms with van der Waals surface area (Å²) in [5.74, 6) is -0.254. The molecule has 3 rings (SSSR count). The van der Waals surface area contributed by atoms with Crippen LogP contribution in [0.15, 0.2) is 24.3 Å². The van der Waals surface area contributed by atoms with Gasteiger partial charge in [0.2, 0.25) is 0 Å². The van der Waals surface area contributed by atoms with Gasteiger partial charge in [0.1, 0.15) is 5.82 Å². The molecule has 116 valence electrons. The standard InChI is InChI=1S/C17H25FN2O/c18-15-7-5-14(6-8-15)17(21)13-19-9-11-20(12-10-19)16-3-1-2-4-16/h5-8,16-17,21H,1-4,9-13H2. The van der Waals surface area contributed by atoms with E-state index in [1.807, 2.05) is 0 Å². The highest BCUT2D eigenvalue weighted by molar-refractivity contribution is 5.18. The Morgan fingerprint density at radius 1 is 1.05 bits per heavy atom. The largest absolute Gasteiger partial charge is 0.387 e. The van der Waals surface area contributed by atoms with Crippen LogP contribution in [0.4, 0.5) is 4.39 Å². The van der Waals surface area contributed by atoms with Gasteiger partial charge in [-0.05, 0) is 30.5 Å². The maximum atomic E-state index is 12.9. The summed E-state index contributed by atoms with van der Waals surface area (Å²) in [6.45, 7) is 4.91. The van der Waals surface area contributed by atoms with Gasteiger partial charge in [-0.1, -0.05) is 25.0 Å². The lowest BCUT2D eigenvalue weighted by Gasteiger charge is -2.38. The first-order valence-corrected chi connectivity index (χ1v) is 8.12. The Hall–Kier alpha value is -0.970. The van der Waals surface area contributed by atoms with Gasteiger partial charge >= 0.3 is 0 Å². The van der Waals surface area contributed by atoms with Crippen molar-refractivity contribution in [3.8, 4) is 0 Å². The Labute approximate surface area is 126 Å². The molecule has 2 aliphatic rings. The fourth-order valence-corrected chi connectivity index (χ4v) is 3.62. The minimum atomic E-state index is -0.524. The van der Waals surface area contributed by atoms with Crippen molar-refractivity contribution in [1.82, 2.24) is 9.80 Å². The number of nitrogens with zero attached hydrogens (tertiary/aromatic N) is 2. The predicted molar refractivity (Wildman–Crippen MR) is 81.6 cm³/mol. The van der Waals surface area contributed by atoms with Crippen LogP contribution in [0, 0.1) is 5.82 Å². The van der Waals surface area contributed by atoms with Gasteiger partial charge in [-0.15, -0.1) is 0 Å². The van der Waals surface area contributed by atoms with E-state index in [-0.39, 0.29) is 5.82 Å². The summed E-state index contributed by atoms with van der Waals surface area (Å²) in [4.78, 5) is 4.94. The molecule has 1 heterocycles. The lowest BCUT2D eigenvalue weighted by atomic mass is 10.1. The number of hydrogen-bond acceptors (Lipinski definition) is 3. The summed E-state index contributed by atoms with van der Waals surface area (Å²) >= 11 is 0. The van der Waals surface area contributed by atoms with Gasteiger partial charge in [0.15, 0.2) is 0 Å². The Bertz CT molecular complexity index is 437. The molecule has 1 saturated heterocycles. The molecule has 0 aromatic heterocycles. The van der Waals surface area contributed by atoms with Crippen molar-refractivity contribution in [2.75, 3.05) is 32.7 Å². The number of β-amino-alcohol motifs (C(OH)–C–C–N with tert-alkyl or cyclic N) is 1. The Morgan fingerprint density at radius 2 is 1.67 bits per heavy atom. The Kier molecular flexibility index (Phi) is 4.88. The van der Waals surface area contributed by atoms with Crippen molar-refractivity contribution in [3.63, 3.8) is 0 Å². The van der Waals surface area contributed by atoms with E-state index in [2.05, 4.69) is 9.80 Å². The average Bonchev–Trinajstić information content (AvgIpc) is 3.03. The minimum absolute atomic E-state index is 0.254.